The largest absolute Gasteiger partial charge is 0.326 e. The van der Waals surface area contributed by atoms with Crippen LogP contribution in [0.25, 0.3) is 0 Å². The molecule has 0 bridgehead atoms. The van der Waals surface area contributed by atoms with Crippen LogP contribution < -0.4 is 5.73 Å². The smallest absolute Gasteiger partial charge is 0.0931 e. The van der Waals surface area contributed by atoms with E-state index in [2.05, 4.69) is 23.7 Å². The Morgan fingerprint density at radius 1 is 1.62 bits per heavy atom. The lowest BCUT2D eigenvalue weighted by Gasteiger charge is -2.19. The van der Waals surface area contributed by atoms with Crippen molar-refractivity contribution >= 4 is 11.3 Å². The molecular weight excluding hydrogens is 218 g/mol. The molecule has 1 aliphatic heterocycles. The van der Waals surface area contributed by atoms with Crippen LogP contribution in [0.2, 0.25) is 0 Å². The van der Waals surface area contributed by atoms with E-state index in [1.165, 1.54) is 29.4 Å². The summed E-state index contributed by atoms with van der Waals surface area (Å²) in [5, 5.41) is 1.26. The Morgan fingerprint density at radius 2 is 2.44 bits per heavy atom. The second-order valence-electron chi connectivity index (χ2n) is 4.87. The van der Waals surface area contributed by atoms with Crippen LogP contribution >= 0.6 is 11.3 Å². The van der Waals surface area contributed by atoms with E-state index < -0.39 is 0 Å². The summed E-state index contributed by atoms with van der Waals surface area (Å²) in [6, 6.07) is 0.681. The lowest BCUT2D eigenvalue weighted by atomic mass is 10.1. The van der Waals surface area contributed by atoms with Gasteiger partial charge in [0.25, 0.3) is 0 Å². The summed E-state index contributed by atoms with van der Waals surface area (Å²) in [5.74, 6) is 0.791. The Balaban J connectivity index is 1.87. The molecule has 1 saturated heterocycles. The third kappa shape index (κ3) is 2.81. The molecular formula is C12H21N3S. The molecule has 90 valence electrons. The predicted octanol–water partition coefficient (Wildman–Crippen LogP) is 1.87. The van der Waals surface area contributed by atoms with E-state index in [4.69, 9.17) is 5.73 Å². The Bertz CT molecular complexity index is 335. The van der Waals surface area contributed by atoms with Gasteiger partial charge in [-0.25, -0.2) is 4.98 Å². The van der Waals surface area contributed by atoms with Gasteiger partial charge < -0.3 is 10.6 Å². The summed E-state index contributed by atoms with van der Waals surface area (Å²) in [7, 11) is 0. The molecule has 1 fully saturated rings. The number of thiazole rings is 1. The third-order valence-electron chi connectivity index (χ3n) is 3.31. The SMILES string of the molecule is CC(C)N1CCC(Cc2ncc(CN)s2)C1. The molecule has 1 aromatic heterocycles. The fourth-order valence-corrected chi connectivity index (χ4v) is 3.20. The van der Waals surface area contributed by atoms with E-state index in [1.807, 2.05) is 6.20 Å². The van der Waals surface area contributed by atoms with Gasteiger partial charge in [-0.05, 0) is 32.7 Å². The summed E-state index contributed by atoms with van der Waals surface area (Å²) in [4.78, 5) is 8.20. The first-order chi connectivity index (χ1) is 7.69. The Kier molecular flexibility index (Phi) is 3.95. The number of hydrogen-bond acceptors (Lipinski definition) is 4. The number of aromatic nitrogens is 1. The first-order valence-electron chi connectivity index (χ1n) is 6.06. The number of nitrogens with zero attached hydrogens (tertiary/aromatic N) is 2. The van der Waals surface area contributed by atoms with Gasteiger partial charge in [0.2, 0.25) is 0 Å². The van der Waals surface area contributed by atoms with Gasteiger partial charge in [0, 0.05) is 36.6 Å². The Morgan fingerprint density at radius 3 is 3.00 bits per heavy atom. The third-order valence-corrected chi connectivity index (χ3v) is 4.36. The van der Waals surface area contributed by atoms with E-state index in [0.717, 1.165) is 12.3 Å². The van der Waals surface area contributed by atoms with Crippen molar-refractivity contribution in [2.45, 2.75) is 39.3 Å². The van der Waals surface area contributed by atoms with Crippen molar-refractivity contribution in [1.29, 1.82) is 0 Å². The van der Waals surface area contributed by atoms with Crippen LogP contribution in [0.15, 0.2) is 6.20 Å². The minimum absolute atomic E-state index is 0.625. The highest BCUT2D eigenvalue weighted by Crippen LogP contribution is 2.24. The molecule has 1 aromatic rings. The number of likely N-dealkylation sites (tertiary alicyclic amines) is 1. The Labute approximate surface area is 102 Å². The second kappa shape index (κ2) is 5.25. The van der Waals surface area contributed by atoms with Crippen LogP contribution in [-0.4, -0.2) is 29.0 Å². The van der Waals surface area contributed by atoms with E-state index in [1.54, 1.807) is 11.3 Å². The van der Waals surface area contributed by atoms with Crippen molar-refractivity contribution in [1.82, 2.24) is 9.88 Å². The van der Waals surface area contributed by atoms with Gasteiger partial charge >= 0.3 is 0 Å². The molecule has 0 spiro atoms. The van der Waals surface area contributed by atoms with Crippen molar-refractivity contribution in [3.8, 4) is 0 Å². The average Bonchev–Trinajstić information content (AvgIpc) is 2.87. The van der Waals surface area contributed by atoms with Gasteiger partial charge in [0.1, 0.15) is 0 Å². The summed E-state index contributed by atoms with van der Waals surface area (Å²) in [6.45, 7) is 7.66. The van der Waals surface area contributed by atoms with Gasteiger partial charge in [0.15, 0.2) is 0 Å². The quantitative estimate of drug-likeness (QED) is 0.872. The normalized spacial score (nSPS) is 22.1. The minimum atomic E-state index is 0.625. The van der Waals surface area contributed by atoms with Crippen molar-refractivity contribution < 1.29 is 0 Å². The number of rotatable bonds is 4. The van der Waals surface area contributed by atoms with Crippen molar-refractivity contribution in [2.75, 3.05) is 13.1 Å². The molecule has 1 aliphatic rings. The van der Waals surface area contributed by atoms with E-state index >= 15 is 0 Å². The average molecular weight is 239 g/mol. The molecule has 1 unspecified atom stereocenters. The first-order valence-corrected chi connectivity index (χ1v) is 6.88. The molecule has 2 heterocycles. The molecule has 0 radical (unpaired) electrons. The maximum atomic E-state index is 5.60. The number of hydrogen-bond donors (Lipinski definition) is 1. The standard InChI is InChI=1S/C12H21N3S/c1-9(2)15-4-3-10(8-15)5-12-14-7-11(6-13)16-12/h7,9-10H,3-6,8,13H2,1-2H3. The first kappa shape index (κ1) is 12.0. The van der Waals surface area contributed by atoms with Crippen molar-refractivity contribution in [2.24, 2.45) is 11.7 Å². The van der Waals surface area contributed by atoms with Gasteiger partial charge in [-0.3, -0.25) is 0 Å². The highest BCUT2D eigenvalue weighted by atomic mass is 32.1. The van der Waals surface area contributed by atoms with E-state index in [-0.39, 0.29) is 0 Å². The van der Waals surface area contributed by atoms with Gasteiger partial charge in [-0.15, -0.1) is 11.3 Å². The van der Waals surface area contributed by atoms with Crippen LogP contribution in [0, 0.1) is 5.92 Å². The van der Waals surface area contributed by atoms with Crippen molar-refractivity contribution in [3.63, 3.8) is 0 Å². The molecule has 0 amide bonds. The fourth-order valence-electron chi connectivity index (χ4n) is 2.28. The molecule has 16 heavy (non-hydrogen) atoms. The maximum Gasteiger partial charge on any atom is 0.0931 e. The predicted molar refractivity (Wildman–Crippen MR) is 68.5 cm³/mol. The molecule has 4 heteroatoms. The van der Waals surface area contributed by atoms with Gasteiger partial charge in [0.05, 0.1) is 5.01 Å². The summed E-state index contributed by atoms with van der Waals surface area (Å²) in [6.07, 6.45) is 4.37. The van der Waals surface area contributed by atoms with Crippen LogP contribution in [0.3, 0.4) is 0 Å². The van der Waals surface area contributed by atoms with E-state index in [0.29, 0.717) is 12.6 Å². The zero-order chi connectivity index (χ0) is 11.5. The zero-order valence-corrected chi connectivity index (χ0v) is 11.0. The summed E-state index contributed by atoms with van der Waals surface area (Å²) < 4.78 is 0. The van der Waals surface area contributed by atoms with E-state index in [9.17, 15) is 0 Å². The highest BCUT2D eigenvalue weighted by Gasteiger charge is 2.24. The van der Waals surface area contributed by atoms with Crippen LogP contribution in [-0.2, 0) is 13.0 Å². The van der Waals surface area contributed by atoms with Crippen LogP contribution in [0.4, 0.5) is 0 Å². The monoisotopic (exact) mass is 239 g/mol. The second-order valence-corrected chi connectivity index (χ2v) is 6.07. The molecule has 2 rings (SSSR count). The molecule has 2 N–H and O–H groups in total. The van der Waals surface area contributed by atoms with Gasteiger partial charge in [-0.2, -0.15) is 0 Å². The fraction of sp³-hybridized carbons (Fsp3) is 0.750. The highest BCUT2D eigenvalue weighted by molar-refractivity contribution is 7.11. The maximum absolute atomic E-state index is 5.60. The Hall–Kier alpha value is -0.450. The molecule has 3 nitrogen and oxygen atoms in total. The lowest BCUT2D eigenvalue weighted by molar-refractivity contribution is 0.265. The zero-order valence-electron chi connectivity index (χ0n) is 10.1. The van der Waals surface area contributed by atoms with Crippen molar-refractivity contribution in [3.05, 3.63) is 16.1 Å². The lowest BCUT2D eigenvalue weighted by Crippen LogP contribution is -2.28. The number of nitrogens with two attached hydrogens (primary N) is 1. The van der Waals surface area contributed by atoms with Crippen LogP contribution in [0.1, 0.15) is 30.2 Å². The van der Waals surface area contributed by atoms with Gasteiger partial charge in [-0.1, -0.05) is 0 Å². The van der Waals surface area contributed by atoms with Crippen LogP contribution in [0.5, 0.6) is 0 Å². The molecule has 1 atom stereocenters. The molecule has 0 aromatic carbocycles. The molecule has 0 aliphatic carbocycles. The minimum Gasteiger partial charge on any atom is -0.326 e. The summed E-state index contributed by atoms with van der Waals surface area (Å²) >= 11 is 1.77. The molecule has 0 saturated carbocycles. The topological polar surface area (TPSA) is 42.2 Å². The summed E-state index contributed by atoms with van der Waals surface area (Å²) in [5.41, 5.74) is 5.60.